The summed E-state index contributed by atoms with van der Waals surface area (Å²) in [5.41, 5.74) is 2.56. The molecule has 0 amide bonds. The highest BCUT2D eigenvalue weighted by Crippen LogP contribution is 2.24. The maximum atomic E-state index is 12.6. The predicted molar refractivity (Wildman–Crippen MR) is 104 cm³/mol. The summed E-state index contributed by atoms with van der Waals surface area (Å²) in [7, 11) is 1.62. The second-order valence-electron chi connectivity index (χ2n) is 5.88. The molecule has 0 N–H and O–H groups in total. The monoisotopic (exact) mass is 344 g/mol. The van der Waals surface area contributed by atoms with Gasteiger partial charge in [-0.15, -0.1) is 0 Å². The molecule has 0 aromatic heterocycles. The molecule has 0 aliphatic carbocycles. The van der Waals surface area contributed by atoms with Crippen molar-refractivity contribution in [1.82, 2.24) is 0 Å². The normalized spacial score (nSPS) is 11.1. The molecule has 3 aromatic carbocycles. The van der Waals surface area contributed by atoms with Crippen LogP contribution in [0.3, 0.4) is 0 Å². The Morgan fingerprint density at radius 3 is 2.00 bits per heavy atom. The second kappa shape index (κ2) is 8.17. The van der Waals surface area contributed by atoms with E-state index < -0.39 is 0 Å². The number of rotatable bonds is 6. The molecule has 0 saturated heterocycles. The van der Waals surface area contributed by atoms with E-state index in [1.807, 2.05) is 73.7 Å². The number of hydrogen-bond acceptors (Lipinski definition) is 3. The zero-order valence-corrected chi connectivity index (χ0v) is 14.8. The van der Waals surface area contributed by atoms with Crippen LogP contribution < -0.4 is 9.47 Å². The van der Waals surface area contributed by atoms with Gasteiger partial charge in [0.15, 0.2) is 5.78 Å². The largest absolute Gasteiger partial charge is 0.497 e. The van der Waals surface area contributed by atoms with Crippen molar-refractivity contribution in [3.05, 3.63) is 102 Å². The van der Waals surface area contributed by atoms with Crippen molar-refractivity contribution in [2.24, 2.45) is 0 Å². The summed E-state index contributed by atoms with van der Waals surface area (Å²) in [4.78, 5) is 12.6. The van der Waals surface area contributed by atoms with E-state index in [0.29, 0.717) is 17.1 Å². The summed E-state index contributed by atoms with van der Waals surface area (Å²) in [5, 5.41) is 0. The van der Waals surface area contributed by atoms with Gasteiger partial charge in [0.2, 0.25) is 0 Å². The van der Waals surface area contributed by atoms with Crippen LogP contribution in [0.4, 0.5) is 0 Å². The lowest BCUT2D eigenvalue weighted by atomic mass is 10.1. The first-order chi connectivity index (χ1) is 12.7. The number of hydrogen-bond donors (Lipinski definition) is 0. The number of ketones is 1. The number of ether oxygens (including phenoxy) is 2. The topological polar surface area (TPSA) is 35.5 Å². The molecule has 0 saturated carbocycles. The molecule has 3 nitrogen and oxygen atoms in total. The summed E-state index contributed by atoms with van der Waals surface area (Å²) >= 11 is 0. The van der Waals surface area contributed by atoms with Crippen molar-refractivity contribution in [3.8, 4) is 11.5 Å². The van der Waals surface area contributed by atoms with E-state index in [1.165, 1.54) is 6.08 Å². The SMILES string of the molecule is COc1ccc(/C(=C\C(=O)c2ccccc2)Oc2ccc(C)cc2)cc1. The van der Waals surface area contributed by atoms with Crippen molar-refractivity contribution < 1.29 is 14.3 Å². The number of carbonyl (C=O) groups is 1. The van der Waals surface area contributed by atoms with E-state index in [4.69, 9.17) is 9.47 Å². The highest BCUT2D eigenvalue weighted by molar-refractivity contribution is 6.08. The Bertz CT molecular complexity index is 892. The van der Waals surface area contributed by atoms with Gasteiger partial charge >= 0.3 is 0 Å². The highest BCUT2D eigenvalue weighted by Gasteiger charge is 2.10. The van der Waals surface area contributed by atoms with Gasteiger partial charge < -0.3 is 9.47 Å². The van der Waals surface area contributed by atoms with Gasteiger partial charge in [0.25, 0.3) is 0 Å². The minimum Gasteiger partial charge on any atom is -0.497 e. The molecule has 3 heteroatoms. The molecular weight excluding hydrogens is 324 g/mol. The maximum absolute atomic E-state index is 12.6. The highest BCUT2D eigenvalue weighted by atomic mass is 16.5. The molecule has 0 fully saturated rings. The van der Waals surface area contributed by atoms with Crippen LogP contribution in [0.2, 0.25) is 0 Å². The summed E-state index contributed by atoms with van der Waals surface area (Å²) in [6.07, 6.45) is 1.52. The van der Waals surface area contributed by atoms with Crippen molar-refractivity contribution in [3.63, 3.8) is 0 Å². The molecule has 3 aromatic rings. The molecule has 0 atom stereocenters. The van der Waals surface area contributed by atoms with Gasteiger partial charge in [-0.2, -0.15) is 0 Å². The van der Waals surface area contributed by atoms with Crippen LogP contribution in [0.25, 0.3) is 5.76 Å². The average molecular weight is 344 g/mol. The minimum absolute atomic E-state index is 0.108. The Morgan fingerprint density at radius 1 is 0.769 bits per heavy atom. The molecule has 26 heavy (non-hydrogen) atoms. The summed E-state index contributed by atoms with van der Waals surface area (Å²) in [5.74, 6) is 1.81. The van der Waals surface area contributed by atoms with E-state index in [0.717, 1.165) is 16.9 Å². The third-order valence-electron chi connectivity index (χ3n) is 3.94. The molecule has 130 valence electrons. The van der Waals surface area contributed by atoms with Crippen molar-refractivity contribution >= 4 is 11.5 Å². The Balaban J connectivity index is 1.95. The molecule has 0 bridgehead atoms. The first kappa shape index (κ1) is 17.5. The minimum atomic E-state index is -0.108. The van der Waals surface area contributed by atoms with Crippen LogP contribution in [-0.4, -0.2) is 12.9 Å². The van der Waals surface area contributed by atoms with E-state index in [-0.39, 0.29) is 5.78 Å². The fraction of sp³-hybridized carbons (Fsp3) is 0.0870. The Morgan fingerprint density at radius 2 is 1.38 bits per heavy atom. The van der Waals surface area contributed by atoms with Crippen LogP contribution in [0, 0.1) is 6.92 Å². The van der Waals surface area contributed by atoms with Crippen LogP contribution >= 0.6 is 0 Å². The predicted octanol–water partition coefficient (Wildman–Crippen LogP) is 5.31. The number of benzene rings is 3. The zero-order chi connectivity index (χ0) is 18.4. The molecule has 0 spiro atoms. The van der Waals surface area contributed by atoms with Crippen LogP contribution in [-0.2, 0) is 0 Å². The van der Waals surface area contributed by atoms with Crippen LogP contribution in [0.1, 0.15) is 21.5 Å². The lowest BCUT2D eigenvalue weighted by Gasteiger charge is -2.11. The lowest BCUT2D eigenvalue weighted by molar-refractivity contribution is 0.104. The van der Waals surface area contributed by atoms with E-state index in [1.54, 1.807) is 19.2 Å². The quantitative estimate of drug-likeness (QED) is 0.345. The molecule has 0 heterocycles. The number of aryl methyl sites for hydroxylation is 1. The molecule has 0 aliphatic rings. The van der Waals surface area contributed by atoms with Gasteiger partial charge in [-0.3, -0.25) is 4.79 Å². The number of allylic oxidation sites excluding steroid dienone is 1. The van der Waals surface area contributed by atoms with Gasteiger partial charge in [0.1, 0.15) is 17.3 Å². The van der Waals surface area contributed by atoms with Crippen molar-refractivity contribution in [2.45, 2.75) is 6.92 Å². The van der Waals surface area contributed by atoms with Crippen LogP contribution in [0.5, 0.6) is 11.5 Å². The summed E-state index contributed by atoms with van der Waals surface area (Å²) in [6.45, 7) is 2.02. The molecular formula is C23H20O3. The average Bonchev–Trinajstić information content (AvgIpc) is 2.70. The first-order valence-corrected chi connectivity index (χ1v) is 8.36. The lowest BCUT2D eigenvalue weighted by Crippen LogP contribution is -2.01. The summed E-state index contributed by atoms with van der Waals surface area (Å²) in [6, 6.07) is 24.3. The van der Waals surface area contributed by atoms with E-state index >= 15 is 0 Å². The van der Waals surface area contributed by atoms with Crippen molar-refractivity contribution in [1.29, 1.82) is 0 Å². The maximum Gasteiger partial charge on any atom is 0.189 e. The standard InChI is InChI=1S/C23H20O3/c1-17-8-12-21(13-9-17)26-23(19-10-14-20(25-2)15-11-19)16-22(24)18-6-4-3-5-7-18/h3-16H,1-2H3/b23-16+. The van der Waals surface area contributed by atoms with Gasteiger partial charge in [0, 0.05) is 17.2 Å². The van der Waals surface area contributed by atoms with Crippen LogP contribution in [0.15, 0.2) is 84.9 Å². The Labute approximate surface area is 153 Å². The number of carbonyl (C=O) groups excluding carboxylic acids is 1. The Hall–Kier alpha value is -3.33. The first-order valence-electron chi connectivity index (χ1n) is 8.36. The smallest absolute Gasteiger partial charge is 0.189 e. The Kier molecular flexibility index (Phi) is 5.49. The third kappa shape index (κ3) is 4.39. The van der Waals surface area contributed by atoms with Gasteiger partial charge in [0.05, 0.1) is 7.11 Å². The van der Waals surface area contributed by atoms with E-state index in [2.05, 4.69) is 0 Å². The summed E-state index contributed by atoms with van der Waals surface area (Å²) < 4.78 is 11.2. The van der Waals surface area contributed by atoms with Crippen molar-refractivity contribution in [2.75, 3.05) is 7.11 Å². The third-order valence-corrected chi connectivity index (χ3v) is 3.94. The fourth-order valence-electron chi connectivity index (χ4n) is 2.47. The van der Waals surface area contributed by atoms with Gasteiger partial charge in [-0.25, -0.2) is 0 Å². The number of methoxy groups -OCH3 is 1. The second-order valence-corrected chi connectivity index (χ2v) is 5.88. The molecule has 0 unspecified atom stereocenters. The zero-order valence-electron chi connectivity index (χ0n) is 14.8. The van der Waals surface area contributed by atoms with Gasteiger partial charge in [-0.05, 0) is 43.3 Å². The molecule has 0 radical (unpaired) electrons. The fourth-order valence-corrected chi connectivity index (χ4v) is 2.47. The molecule has 3 rings (SSSR count). The van der Waals surface area contributed by atoms with Gasteiger partial charge in [-0.1, -0.05) is 48.0 Å². The van der Waals surface area contributed by atoms with E-state index in [9.17, 15) is 4.79 Å². The molecule has 0 aliphatic heterocycles.